The highest BCUT2D eigenvalue weighted by Crippen LogP contribution is 2.44. The van der Waals surface area contributed by atoms with Gasteiger partial charge in [-0.3, -0.25) is 0 Å². The lowest BCUT2D eigenvalue weighted by atomic mass is 10.0. The number of hydrogen-bond acceptors (Lipinski definition) is 3. The van der Waals surface area contributed by atoms with Gasteiger partial charge in [0.1, 0.15) is 11.2 Å². The van der Waals surface area contributed by atoms with Crippen LogP contribution in [0.3, 0.4) is 0 Å². The van der Waals surface area contributed by atoms with Crippen LogP contribution in [0.4, 0.5) is 17.1 Å². The van der Waals surface area contributed by atoms with Gasteiger partial charge in [0, 0.05) is 64.5 Å². The van der Waals surface area contributed by atoms with E-state index in [1.165, 1.54) is 52.8 Å². The second-order valence-electron chi connectivity index (χ2n) is 12.9. The van der Waals surface area contributed by atoms with Crippen molar-refractivity contribution in [2.24, 2.45) is 0 Å². The monoisotopic (exact) mass is 656 g/mol. The van der Waals surface area contributed by atoms with Gasteiger partial charge in [-0.1, -0.05) is 91.0 Å². The Morgan fingerprint density at radius 1 is 0.420 bits per heavy atom. The van der Waals surface area contributed by atoms with Gasteiger partial charge >= 0.3 is 0 Å². The molecule has 3 heterocycles. The molecule has 3 nitrogen and oxygen atoms in total. The summed E-state index contributed by atoms with van der Waals surface area (Å²) in [6.45, 7) is 0. The van der Waals surface area contributed by atoms with Crippen LogP contribution in [0.15, 0.2) is 174 Å². The first-order chi connectivity index (χ1) is 24.8. The van der Waals surface area contributed by atoms with E-state index in [0.29, 0.717) is 0 Å². The van der Waals surface area contributed by atoms with Crippen LogP contribution < -0.4 is 4.90 Å². The van der Waals surface area contributed by atoms with E-state index in [1.54, 1.807) is 0 Å². The number of para-hydroxylation sites is 3. The highest BCUT2D eigenvalue weighted by molar-refractivity contribution is 7.26. The van der Waals surface area contributed by atoms with Crippen LogP contribution >= 0.6 is 11.3 Å². The van der Waals surface area contributed by atoms with Crippen molar-refractivity contribution >= 4 is 103 Å². The van der Waals surface area contributed by atoms with E-state index in [-0.39, 0.29) is 0 Å². The minimum Gasteiger partial charge on any atom is -0.456 e. The van der Waals surface area contributed by atoms with Crippen LogP contribution in [-0.2, 0) is 0 Å². The molecule has 0 fully saturated rings. The standard InChI is InChI=1S/C46H28N2OS/c1-2-10-30(11-3-1)48-40-15-7-4-12-35(40)36-23-20-33(28-41(36)48)47(32-21-24-43-39(27-32)37-13-5-8-16-42(37)49-43)31-19-22-34-29(26-31)18-25-45-46(34)38-14-6-9-17-44(38)50-45/h1-28H. The third-order valence-electron chi connectivity index (χ3n) is 10.1. The fourth-order valence-electron chi connectivity index (χ4n) is 7.93. The fourth-order valence-corrected chi connectivity index (χ4v) is 9.06. The molecule has 4 heteroatoms. The van der Waals surface area contributed by atoms with Crippen molar-refractivity contribution in [1.29, 1.82) is 0 Å². The summed E-state index contributed by atoms with van der Waals surface area (Å²) in [7, 11) is 0. The Morgan fingerprint density at radius 3 is 1.98 bits per heavy atom. The first-order valence-electron chi connectivity index (χ1n) is 16.9. The van der Waals surface area contributed by atoms with E-state index in [9.17, 15) is 0 Å². The normalized spacial score (nSPS) is 12.0. The highest BCUT2D eigenvalue weighted by atomic mass is 32.1. The van der Waals surface area contributed by atoms with Crippen LogP contribution in [-0.4, -0.2) is 4.57 Å². The second-order valence-corrected chi connectivity index (χ2v) is 14.0. The summed E-state index contributed by atoms with van der Waals surface area (Å²) in [4.78, 5) is 2.39. The molecular formula is C46H28N2OS. The minimum atomic E-state index is 0.889. The van der Waals surface area contributed by atoms with Gasteiger partial charge in [-0.25, -0.2) is 0 Å². The molecule has 0 bridgehead atoms. The smallest absolute Gasteiger partial charge is 0.135 e. The Labute approximate surface area is 291 Å². The van der Waals surface area contributed by atoms with Crippen LogP contribution in [0.5, 0.6) is 0 Å². The van der Waals surface area contributed by atoms with E-state index in [2.05, 4.69) is 167 Å². The molecule has 50 heavy (non-hydrogen) atoms. The molecular weight excluding hydrogens is 629 g/mol. The van der Waals surface area contributed by atoms with Crippen molar-refractivity contribution in [3.63, 3.8) is 0 Å². The molecule has 0 N–H and O–H groups in total. The Balaban J connectivity index is 1.18. The molecule has 3 aromatic heterocycles. The van der Waals surface area contributed by atoms with E-state index in [0.717, 1.165) is 44.7 Å². The molecule has 234 valence electrons. The van der Waals surface area contributed by atoms with Gasteiger partial charge in [0.2, 0.25) is 0 Å². The van der Waals surface area contributed by atoms with Crippen molar-refractivity contribution in [3.05, 3.63) is 170 Å². The lowest BCUT2D eigenvalue weighted by Gasteiger charge is -2.26. The number of fused-ring (bicyclic) bond motifs is 11. The molecule has 0 aliphatic heterocycles. The Hall–Kier alpha value is -6.36. The zero-order chi connectivity index (χ0) is 32.8. The van der Waals surface area contributed by atoms with Gasteiger partial charge in [-0.15, -0.1) is 11.3 Å². The minimum absolute atomic E-state index is 0.889. The summed E-state index contributed by atoms with van der Waals surface area (Å²) in [6.07, 6.45) is 0. The number of benzene rings is 8. The third kappa shape index (κ3) is 4.03. The lowest BCUT2D eigenvalue weighted by molar-refractivity contribution is 0.669. The third-order valence-corrected chi connectivity index (χ3v) is 11.3. The SMILES string of the molecule is c1ccc(-n2c3ccccc3c3ccc(N(c4ccc5c(ccc6sc7ccccc7c65)c4)c4ccc5oc6ccccc6c5c4)cc32)cc1. The second kappa shape index (κ2) is 10.6. The molecule has 8 aromatic carbocycles. The largest absolute Gasteiger partial charge is 0.456 e. The number of nitrogens with zero attached hydrogens (tertiary/aromatic N) is 2. The van der Waals surface area contributed by atoms with Crippen molar-refractivity contribution < 1.29 is 4.42 Å². The van der Waals surface area contributed by atoms with E-state index < -0.39 is 0 Å². The molecule has 0 aliphatic carbocycles. The van der Waals surface area contributed by atoms with E-state index in [1.807, 2.05) is 23.5 Å². The fraction of sp³-hybridized carbons (Fsp3) is 0. The van der Waals surface area contributed by atoms with Crippen LogP contribution in [0.2, 0.25) is 0 Å². The summed E-state index contributed by atoms with van der Waals surface area (Å²) in [6, 6.07) is 61.4. The quantitative estimate of drug-likeness (QED) is 0.188. The van der Waals surface area contributed by atoms with Crippen molar-refractivity contribution in [2.45, 2.75) is 0 Å². The number of furan rings is 1. The van der Waals surface area contributed by atoms with Gasteiger partial charge in [0.15, 0.2) is 0 Å². The molecule has 11 rings (SSSR count). The van der Waals surface area contributed by atoms with Crippen molar-refractivity contribution in [1.82, 2.24) is 4.57 Å². The Kier molecular flexibility index (Phi) is 5.83. The van der Waals surface area contributed by atoms with Crippen LogP contribution in [0.25, 0.3) is 80.4 Å². The number of hydrogen-bond donors (Lipinski definition) is 0. The molecule has 0 aliphatic rings. The van der Waals surface area contributed by atoms with E-state index >= 15 is 0 Å². The maximum Gasteiger partial charge on any atom is 0.135 e. The first kappa shape index (κ1) is 27.6. The zero-order valence-electron chi connectivity index (χ0n) is 26.9. The van der Waals surface area contributed by atoms with Gasteiger partial charge in [-0.2, -0.15) is 0 Å². The molecule has 0 saturated heterocycles. The van der Waals surface area contributed by atoms with Crippen LogP contribution in [0.1, 0.15) is 0 Å². The number of anilines is 3. The average Bonchev–Trinajstić information content (AvgIpc) is 3.84. The maximum atomic E-state index is 6.26. The Morgan fingerprint density at radius 2 is 1.08 bits per heavy atom. The summed E-state index contributed by atoms with van der Waals surface area (Å²) in [5.41, 5.74) is 8.57. The predicted molar refractivity (Wildman–Crippen MR) is 213 cm³/mol. The van der Waals surface area contributed by atoms with E-state index in [4.69, 9.17) is 4.42 Å². The van der Waals surface area contributed by atoms with Gasteiger partial charge < -0.3 is 13.9 Å². The summed E-state index contributed by atoms with van der Waals surface area (Å²) in [5.74, 6) is 0. The molecule has 0 spiro atoms. The number of rotatable bonds is 4. The topological polar surface area (TPSA) is 21.3 Å². The van der Waals surface area contributed by atoms with Crippen molar-refractivity contribution in [3.8, 4) is 5.69 Å². The van der Waals surface area contributed by atoms with Crippen molar-refractivity contribution in [2.75, 3.05) is 4.90 Å². The predicted octanol–water partition coefficient (Wildman–Crippen LogP) is 13.7. The van der Waals surface area contributed by atoms with Crippen LogP contribution in [0, 0.1) is 0 Å². The summed E-state index contributed by atoms with van der Waals surface area (Å²) in [5, 5.41) is 9.85. The highest BCUT2D eigenvalue weighted by Gasteiger charge is 2.20. The lowest BCUT2D eigenvalue weighted by Crippen LogP contribution is -2.10. The van der Waals surface area contributed by atoms with Gasteiger partial charge in [0.05, 0.1) is 11.0 Å². The molecule has 0 amide bonds. The number of aromatic nitrogens is 1. The molecule has 0 atom stereocenters. The summed E-state index contributed by atoms with van der Waals surface area (Å²) < 4.78 is 11.3. The maximum absolute atomic E-state index is 6.26. The average molecular weight is 657 g/mol. The molecule has 0 radical (unpaired) electrons. The first-order valence-corrected chi connectivity index (χ1v) is 17.7. The molecule has 11 aromatic rings. The zero-order valence-corrected chi connectivity index (χ0v) is 27.7. The molecule has 0 saturated carbocycles. The van der Waals surface area contributed by atoms with Gasteiger partial charge in [-0.05, 0) is 89.6 Å². The van der Waals surface area contributed by atoms with Gasteiger partial charge in [0.25, 0.3) is 0 Å². The Bertz CT molecular complexity index is 3110. The summed E-state index contributed by atoms with van der Waals surface area (Å²) >= 11 is 1.86. The number of thiophene rings is 1. The molecule has 0 unspecified atom stereocenters.